The van der Waals surface area contributed by atoms with Gasteiger partial charge in [0.2, 0.25) is 5.91 Å². The lowest BCUT2D eigenvalue weighted by Gasteiger charge is -2.21. The highest BCUT2D eigenvalue weighted by atomic mass is 79.9. The van der Waals surface area contributed by atoms with Gasteiger partial charge >= 0.3 is 0 Å². The number of benzene rings is 2. The number of fused-ring (bicyclic) bond motifs is 1. The molecule has 0 saturated heterocycles. The van der Waals surface area contributed by atoms with Crippen LogP contribution in [-0.4, -0.2) is 20.4 Å². The maximum atomic E-state index is 12.8. The highest BCUT2D eigenvalue weighted by Gasteiger charge is 2.32. The van der Waals surface area contributed by atoms with Crippen LogP contribution < -0.4 is 9.62 Å². The van der Waals surface area contributed by atoms with Crippen molar-refractivity contribution in [2.45, 2.75) is 31.2 Å². The molecular weight excluding hydrogens is 428 g/mol. The Morgan fingerprint density at radius 2 is 1.92 bits per heavy atom. The van der Waals surface area contributed by atoms with Gasteiger partial charge in [0.15, 0.2) is 0 Å². The van der Waals surface area contributed by atoms with Crippen molar-refractivity contribution in [1.82, 2.24) is 0 Å². The molecular formula is C17H16BrClN2O3S. The average Bonchev–Trinajstić information content (AvgIpc) is 2.83. The quantitative estimate of drug-likeness (QED) is 0.773. The van der Waals surface area contributed by atoms with E-state index in [0.717, 1.165) is 5.56 Å². The van der Waals surface area contributed by atoms with Gasteiger partial charge in [-0.2, -0.15) is 0 Å². The van der Waals surface area contributed by atoms with Gasteiger partial charge in [-0.1, -0.05) is 11.6 Å². The summed E-state index contributed by atoms with van der Waals surface area (Å²) in [6.45, 7) is 3.42. The summed E-state index contributed by atoms with van der Waals surface area (Å²) in [7, 11) is -3.82. The predicted molar refractivity (Wildman–Crippen MR) is 103 cm³/mol. The number of rotatable bonds is 3. The number of anilines is 2. The first-order valence-electron chi connectivity index (χ1n) is 7.59. The zero-order chi connectivity index (χ0) is 18.4. The third-order valence-corrected chi connectivity index (χ3v) is 6.67. The van der Waals surface area contributed by atoms with Gasteiger partial charge in [0, 0.05) is 33.8 Å². The topological polar surface area (TPSA) is 66.5 Å². The Bertz CT molecular complexity index is 945. The lowest BCUT2D eigenvalue weighted by molar-refractivity contribution is -0.116. The van der Waals surface area contributed by atoms with Crippen LogP contribution in [0.1, 0.15) is 19.4 Å². The maximum Gasteiger partial charge on any atom is 0.263 e. The van der Waals surface area contributed by atoms with E-state index in [1.807, 2.05) is 6.92 Å². The maximum absolute atomic E-state index is 12.8. The first-order valence-corrected chi connectivity index (χ1v) is 10.2. The zero-order valence-electron chi connectivity index (χ0n) is 13.6. The molecule has 25 heavy (non-hydrogen) atoms. The third kappa shape index (κ3) is 3.54. The number of hydrogen-bond acceptors (Lipinski definition) is 3. The van der Waals surface area contributed by atoms with Crippen LogP contribution in [0.3, 0.4) is 0 Å². The molecule has 0 radical (unpaired) electrons. The summed E-state index contributed by atoms with van der Waals surface area (Å²) in [6, 6.07) is 9.71. The van der Waals surface area contributed by atoms with Gasteiger partial charge in [-0.3, -0.25) is 9.52 Å². The summed E-state index contributed by atoms with van der Waals surface area (Å²) >= 11 is 9.17. The molecule has 5 nitrogen and oxygen atoms in total. The molecule has 8 heteroatoms. The van der Waals surface area contributed by atoms with Crippen LogP contribution in [0.4, 0.5) is 11.4 Å². The molecule has 2 aromatic rings. The van der Waals surface area contributed by atoms with Crippen molar-refractivity contribution in [2.24, 2.45) is 0 Å². The van der Waals surface area contributed by atoms with Crippen LogP contribution in [0.25, 0.3) is 0 Å². The lowest BCUT2D eigenvalue weighted by Crippen LogP contribution is -2.33. The average molecular weight is 444 g/mol. The number of carbonyl (C=O) groups excluding carboxylic acids is 1. The molecule has 0 bridgehead atoms. The van der Waals surface area contributed by atoms with Crippen molar-refractivity contribution < 1.29 is 13.2 Å². The molecule has 0 fully saturated rings. The van der Waals surface area contributed by atoms with E-state index in [4.69, 9.17) is 11.6 Å². The summed E-state index contributed by atoms with van der Waals surface area (Å²) in [5, 5.41) is 0.521. The SMILES string of the molecule is CC(=O)N1c2cc(S(=O)(=O)Nc3ccc(Cl)cc3)c(Br)cc2C[C@H]1C. The van der Waals surface area contributed by atoms with Gasteiger partial charge in [-0.25, -0.2) is 8.42 Å². The zero-order valence-corrected chi connectivity index (χ0v) is 16.7. The van der Waals surface area contributed by atoms with Crippen LogP contribution >= 0.6 is 27.5 Å². The molecule has 1 amide bonds. The Morgan fingerprint density at radius 3 is 2.52 bits per heavy atom. The molecule has 0 saturated carbocycles. The van der Waals surface area contributed by atoms with E-state index >= 15 is 0 Å². The normalized spacial score (nSPS) is 16.6. The molecule has 132 valence electrons. The summed E-state index contributed by atoms with van der Waals surface area (Å²) in [5.41, 5.74) is 1.99. The Labute approximate surface area is 160 Å². The molecule has 0 spiro atoms. The molecule has 1 aliphatic heterocycles. The van der Waals surface area contributed by atoms with Gasteiger partial charge in [-0.05, 0) is 71.2 Å². The largest absolute Gasteiger partial charge is 0.309 e. The molecule has 0 aromatic heterocycles. The fraction of sp³-hybridized carbons (Fsp3) is 0.235. The van der Waals surface area contributed by atoms with Crippen LogP contribution in [0.2, 0.25) is 5.02 Å². The minimum atomic E-state index is -3.82. The Hall–Kier alpha value is -1.57. The molecule has 0 unspecified atom stereocenters. The molecule has 1 atom stereocenters. The fourth-order valence-electron chi connectivity index (χ4n) is 3.03. The number of halogens is 2. The first-order chi connectivity index (χ1) is 11.7. The van der Waals surface area contributed by atoms with Gasteiger partial charge in [0.25, 0.3) is 10.0 Å². The molecule has 0 aliphatic carbocycles. The van der Waals surface area contributed by atoms with Crippen LogP contribution in [0.5, 0.6) is 0 Å². The predicted octanol–water partition coefficient (Wildman–Crippen LogP) is 4.20. The van der Waals surface area contributed by atoms with Crippen molar-refractivity contribution in [3.05, 3.63) is 51.5 Å². The fourth-order valence-corrected chi connectivity index (χ4v) is 5.33. The van der Waals surface area contributed by atoms with Crippen molar-refractivity contribution in [2.75, 3.05) is 9.62 Å². The van der Waals surface area contributed by atoms with E-state index in [1.165, 1.54) is 6.92 Å². The van der Waals surface area contributed by atoms with E-state index in [1.54, 1.807) is 41.3 Å². The summed E-state index contributed by atoms with van der Waals surface area (Å²) in [5.74, 6) is -0.109. The van der Waals surface area contributed by atoms with E-state index in [-0.39, 0.29) is 16.8 Å². The number of carbonyl (C=O) groups is 1. The summed E-state index contributed by atoms with van der Waals surface area (Å²) in [4.78, 5) is 13.6. The van der Waals surface area contributed by atoms with Crippen molar-refractivity contribution in [1.29, 1.82) is 0 Å². The Kier molecular flexibility index (Phi) is 4.83. The van der Waals surface area contributed by atoms with Crippen molar-refractivity contribution in [3.8, 4) is 0 Å². The molecule has 3 rings (SSSR count). The van der Waals surface area contributed by atoms with E-state index in [9.17, 15) is 13.2 Å². The van der Waals surface area contributed by atoms with Crippen LogP contribution in [0.15, 0.2) is 45.8 Å². The standard InChI is InChI=1S/C17H16BrClN2O3S/c1-10-7-12-8-15(18)17(9-16(12)21(10)11(2)22)25(23,24)20-14-5-3-13(19)4-6-14/h3-6,8-10,20H,7H2,1-2H3/t10-/m1/s1. The molecule has 1 heterocycles. The summed E-state index contributed by atoms with van der Waals surface area (Å²) < 4.78 is 28.6. The van der Waals surface area contributed by atoms with Crippen molar-refractivity contribution >= 4 is 54.8 Å². The highest BCUT2D eigenvalue weighted by molar-refractivity contribution is 9.10. The third-order valence-electron chi connectivity index (χ3n) is 4.07. The van der Waals surface area contributed by atoms with E-state index in [0.29, 0.717) is 27.3 Å². The van der Waals surface area contributed by atoms with Gasteiger partial charge in [0.1, 0.15) is 4.90 Å². The molecule has 1 N–H and O–H groups in total. The van der Waals surface area contributed by atoms with E-state index < -0.39 is 10.0 Å². The highest BCUT2D eigenvalue weighted by Crippen LogP contribution is 2.38. The summed E-state index contributed by atoms with van der Waals surface area (Å²) in [6.07, 6.45) is 0.693. The van der Waals surface area contributed by atoms with Crippen LogP contribution in [-0.2, 0) is 21.2 Å². The number of hydrogen-bond donors (Lipinski definition) is 1. The van der Waals surface area contributed by atoms with E-state index in [2.05, 4.69) is 20.7 Å². The second-order valence-corrected chi connectivity index (χ2v) is 8.91. The second-order valence-electron chi connectivity index (χ2n) is 5.97. The first kappa shape index (κ1) is 18.2. The Balaban J connectivity index is 2.02. The van der Waals surface area contributed by atoms with Crippen molar-refractivity contribution in [3.63, 3.8) is 0 Å². The number of nitrogens with zero attached hydrogens (tertiary/aromatic N) is 1. The van der Waals surface area contributed by atoms with Crippen LogP contribution in [0, 0.1) is 0 Å². The monoisotopic (exact) mass is 442 g/mol. The van der Waals surface area contributed by atoms with Gasteiger partial charge < -0.3 is 4.90 Å². The minimum absolute atomic E-state index is 0.00146. The Morgan fingerprint density at radius 1 is 1.28 bits per heavy atom. The number of amides is 1. The molecule has 2 aromatic carbocycles. The van der Waals surface area contributed by atoms with Gasteiger partial charge in [-0.15, -0.1) is 0 Å². The second kappa shape index (κ2) is 6.63. The van der Waals surface area contributed by atoms with Gasteiger partial charge in [0.05, 0.1) is 0 Å². The smallest absolute Gasteiger partial charge is 0.263 e. The lowest BCUT2D eigenvalue weighted by atomic mass is 10.1. The molecule has 1 aliphatic rings. The minimum Gasteiger partial charge on any atom is -0.309 e. The number of nitrogens with one attached hydrogen (secondary N) is 1. The number of sulfonamides is 1.